The van der Waals surface area contributed by atoms with Crippen LogP contribution < -0.4 is 10.1 Å². The van der Waals surface area contributed by atoms with Crippen LogP contribution in [0.5, 0.6) is 11.5 Å². The van der Waals surface area contributed by atoms with Gasteiger partial charge in [0.05, 0.1) is 0 Å². The van der Waals surface area contributed by atoms with E-state index in [1.165, 1.54) is 19.3 Å². The molecule has 2 N–H and O–H groups in total. The minimum atomic E-state index is 0.266. The van der Waals surface area contributed by atoms with Gasteiger partial charge in [-0.3, -0.25) is 0 Å². The van der Waals surface area contributed by atoms with Gasteiger partial charge in [-0.15, -0.1) is 0 Å². The Balaban J connectivity index is 1.57. The molecule has 2 aromatic rings. The van der Waals surface area contributed by atoms with Gasteiger partial charge in [0.25, 0.3) is 0 Å². The fraction of sp³-hybridized carbons (Fsp3) is 0.444. The highest BCUT2D eigenvalue weighted by Gasteiger charge is 2.32. The summed E-state index contributed by atoms with van der Waals surface area (Å²) in [6.45, 7) is 0. The Hall–Kier alpha value is -1.74. The third-order valence-corrected chi connectivity index (χ3v) is 4.79. The van der Waals surface area contributed by atoms with Gasteiger partial charge >= 0.3 is 0 Å². The van der Waals surface area contributed by atoms with Gasteiger partial charge in [-0.2, -0.15) is 0 Å². The number of rotatable bonds is 2. The molecule has 1 unspecified atom stereocenters. The summed E-state index contributed by atoms with van der Waals surface area (Å²) in [6, 6.07) is 12.9. The lowest BCUT2D eigenvalue weighted by Gasteiger charge is -2.40. The molecule has 2 heterocycles. The molecule has 0 saturated carbocycles. The number of phenolic OH excluding ortho intramolecular Hbond substituents is 1. The monoisotopic (exact) mass is 283 g/mol. The van der Waals surface area contributed by atoms with E-state index in [2.05, 4.69) is 5.32 Å². The van der Waals surface area contributed by atoms with E-state index in [-0.39, 0.29) is 6.10 Å². The number of hydrogen-bond donors (Lipinski definition) is 2. The molecule has 2 aliphatic rings. The summed E-state index contributed by atoms with van der Waals surface area (Å²) in [5, 5.41) is 15.7. The van der Waals surface area contributed by atoms with Crippen LogP contribution in [0.2, 0.25) is 0 Å². The van der Waals surface area contributed by atoms with Gasteiger partial charge in [0.15, 0.2) is 0 Å². The Morgan fingerprint density at radius 3 is 2.62 bits per heavy atom. The first-order valence-corrected chi connectivity index (χ1v) is 7.92. The molecule has 0 spiro atoms. The van der Waals surface area contributed by atoms with E-state index in [1.807, 2.05) is 30.3 Å². The van der Waals surface area contributed by atoms with Gasteiger partial charge in [0.1, 0.15) is 17.6 Å². The molecule has 0 amide bonds. The summed E-state index contributed by atoms with van der Waals surface area (Å²) in [6.07, 6.45) is 6.28. The molecule has 0 aliphatic carbocycles. The zero-order valence-corrected chi connectivity index (χ0v) is 12.1. The predicted molar refractivity (Wildman–Crippen MR) is 83.8 cm³/mol. The van der Waals surface area contributed by atoms with Crippen molar-refractivity contribution in [1.82, 2.24) is 5.32 Å². The third-order valence-electron chi connectivity index (χ3n) is 4.79. The van der Waals surface area contributed by atoms with Crippen molar-refractivity contribution in [3.05, 3.63) is 36.4 Å². The van der Waals surface area contributed by atoms with Crippen molar-refractivity contribution in [3.63, 3.8) is 0 Å². The van der Waals surface area contributed by atoms with Crippen molar-refractivity contribution in [2.24, 2.45) is 0 Å². The van der Waals surface area contributed by atoms with E-state index in [0.717, 1.165) is 29.4 Å². The summed E-state index contributed by atoms with van der Waals surface area (Å²) in [4.78, 5) is 0. The summed E-state index contributed by atoms with van der Waals surface area (Å²) >= 11 is 0. The molecule has 0 aromatic heterocycles. The normalized spacial score (nSPS) is 28.5. The van der Waals surface area contributed by atoms with Crippen LogP contribution in [0.4, 0.5) is 0 Å². The molecule has 110 valence electrons. The lowest BCUT2D eigenvalue weighted by Crippen LogP contribution is -2.51. The third kappa shape index (κ3) is 2.58. The number of ether oxygens (including phenoxy) is 1. The molecule has 4 rings (SSSR count). The molecular formula is C18H21NO2. The number of nitrogens with one attached hydrogen (secondary N) is 1. The first-order chi connectivity index (χ1) is 10.3. The van der Waals surface area contributed by atoms with Gasteiger partial charge in [-0.1, -0.05) is 30.7 Å². The average molecular weight is 283 g/mol. The van der Waals surface area contributed by atoms with Gasteiger partial charge in [-0.25, -0.2) is 0 Å². The lowest BCUT2D eigenvalue weighted by atomic mass is 9.85. The molecular weight excluding hydrogens is 262 g/mol. The van der Waals surface area contributed by atoms with E-state index in [9.17, 15) is 5.11 Å². The molecule has 2 bridgehead atoms. The maximum atomic E-state index is 10.2. The summed E-state index contributed by atoms with van der Waals surface area (Å²) in [5.41, 5.74) is 0. The second-order valence-corrected chi connectivity index (χ2v) is 6.37. The van der Waals surface area contributed by atoms with Crippen molar-refractivity contribution in [2.75, 3.05) is 0 Å². The molecule has 21 heavy (non-hydrogen) atoms. The van der Waals surface area contributed by atoms with E-state index >= 15 is 0 Å². The summed E-state index contributed by atoms with van der Waals surface area (Å²) in [7, 11) is 0. The number of fused-ring (bicyclic) bond motifs is 3. The van der Waals surface area contributed by atoms with Gasteiger partial charge in [0.2, 0.25) is 0 Å². The fourth-order valence-corrected chi connectivity index (χ4v) is 3.83. The largest absolute Gasteiger partial charge is 0.507 e. The minimum Gasteiger partial charge on any atom is -0.507 e. The second kappa shape index (κ2) is 5.23. The molecule has 3 heteroatoms. The Morgan fingerprint density at radius 1 is 1.05 bits per heavy atom. The van der Waals surface area contributed by atoms with E-state index in [4.69, 9.17) is 4.74 Å². The molecule has 2 saturated heterocycles. The SMILES string of the molecule is Oc1cc(OC2C[C@H]3CCC[C@@H](C2)N3)cc2ccccc12. The fourth-order valence-electron chi connectivity index (χ4n) is 3.83. The van der Waals surface area contributed by atoms with Crippen molar-refractivity contribution in [2.45, 2.75) is 50.3 Å². The Morgan fingerprint density at radius 2 is 1.81 bits per heavy atom. The number of phenols is 1. The van der Waals surface area contributed by atoms with Crippen molar-refractivity contribution in [1.29, 1.82) is 0 Å². The molecule has 2 fully saturated rings. The van der Waals surface area contributed by atoms with Crippen LogP contribution >= 0.6 is 0 Å². The summed E-state index contributed by atoms with van der Waals surface area (Å²) in [5.74, 6) is 1.09. The zero-order valence-electron chi connectivity index (χ0n) is 12.1. The van der Waals surface area contributed by atoms with E-state index in [0.29, 0.717) is 17.8 Å². The maximum absolute atomic E-state index is 10.2. The lowest BCUT2D eigenvalue weighted by molar-refractivity contribution is 0.0927. The smallest absolute Gasteiger partial charge is 0.127 e. The first kappa shape index (κ1) is 13.0. The number of aromatic hydroxyl groups is 1. The highest BCUT2D eigenvalue weighted by molar-refractivity contribution is 5.89. The van der Waals surface area contributed by atoms with Crippen molar-refractivity contribution < 1.29 is 9.84 Å². The van der Waals surface area contributed by atoms with Crippen LogP contribution in [0, 0.1) is 0 Å². The van der Waals surface area contributed by atoms with Crippen molar-refractivity contribution >= 4 is 10.8 Å². The van der Waals surface area contributed by atoms with Crippen LogP contribution in [-0.2, 0) is 0 Å². The average Bonchev–Trinajstić information content (AvgIpc) is 2.47. The van der Waals surface area contributed by atoms with E-state index in [1.54, 1.807) is 6.07 Å². The second-order valence-electron chi connectivity index (χ2n) is 6.37. The maximum Gasteiger partial charge on any atom is 0.127 e. The highest BCUT2D eigenvalue weighted by atomic mass is 16.5. The predicted octanol–water partition coefficient (Wildman–Crippen LogP) is 3.60. The van der Waals surface area contributed by atoms with Crippen LogP contribution in [0.25, 0.3) is 10.8 Å². The highest BCUT2D eigenvalue weighted by Crippen LogP contribution is 2.33. The Bertz CT molecular complexity index is 643. The van der Waals surface area contributed by atoms with Crippen LogP contribution in [0.1, 0.15) is 32.1 Å². The Labute approximate surface area is 124 Å². The molecule has 3 nitrogen and oxygen atoms in total. The van der Waals surface area contributed by atoms with Crippen LogP contribution in [0.3, 0.4) is 0 Å². The molecule has 2 aliphatic heterocycles. The number of benzene rings is 2. The van der Waals surface area contributed by atoms with Crippen LogP contribution in [0.15, 0.2) is 36.4 Å². The van der Waals surface area contributed by atoms with E-state index < -0.39 is 0 Å². The zero-order chi connectivity index (χ0) is 14.2. The Kier molecular flexibility index (Phi) is 3.23. The van der Waals surface area contributed by atoms with Gasteiger partial charge < -0.3 is 15.2 Å². The van der Waals surface area contributed by atoms with Gasteiger partial charge in [0, 0.05) is 23.5 Å². The van der Waals surface area contributed by atoms with Gasteiger partial charge in [-0.05, 0) is 37.1 Å². The summed E-state index contributed by atoms with van der Waals surface area (Å²) < 4.78 is 6.18. The number of piperidine rings is 2. The minimum absolute atomic E-state index is 0.266. The quantitative estimate of drug-likeness (QED) is 0.885. The molecule has 0 radical (unpaired) electrons. The number of hydrogen-bond acceptors (Lipinski definition) is 3. The van der Waals surface area contributed by atoms with Crippen LogP contribution in [-0.4, -0.2) is 23.3 Å². The first-order valence-electron chi connectivity index (χ1n) is 7.92. The standard InChI is InChI=1S/C18H21NO2/c20-18-11-15(8-12-4-1-2-7-17(12)18)21-16-9-13-5-3-6-14(10-16)19-13/h1-2,4,7-8,11,13-14,16,19-20H,3,5-6,9-10H2/t13-,14+,16?. The topological polar surface area (TPSA) is 41.5 Å². The molecule has 3 atom stereocenters. The molecule has 2 aromatic carbocycles. The van der Waals surface area contributed by atoms with Crippen molar-refractivity contribution in [3.8, 4) is 11.5 Å².